The van der Waals surface area contributed by atoms with Gasteiger partial charge in [-0.15, -0.1) is 0 Å². The highest BCUT2D eigenvalue weighted by molar-refractivity contribution is 4.42. The summed E-state index contributed by atoms with van der Waals surface area (Å²) >= 11 is 0. The molecule has 0 saturated carbocycles. The third-order valence-corrected chi connectivity index (χ3v) is 3.38. The van der Waals surface area contributed by atoms with Crippen molar-refractivity contribution < 1.29 is 23.7 Å². The molecule has 0 bridgehead atoms. The van der Waals surface area contributed by atoms with Crippen LogP contribution in [0.25, 0.3) is 0 Å². The normalized spacial score (nSPS) is 11.2. The summed E-state index contributed by atoms with van der Waals surface area (Å²) in [6.45, 7) is 9.60. The Morgan fingerprint density at radius 1 is 0.500 bits per heavy atom. The van der Waals surface area contributed by atoms with Crippen LogP contribution in [0.3, 0.4) is 0 Å². The van der Waals surface area contributed by atoms with Gasteiger partial charge in [-0.05, 0) is 13.5 Å². The predicted octanol–water partition coefficient (Wildman–Crippen LogP) is 2.26. The largest absolute Gasteiger partial charge is 0.379 e. The number of likely N-dealkylation sites (N-methyl/N-ethyl adjacent to an activating group) is 1. The minimum atomic E-state index is 0.591. The first kappa shape index (κ1) is 23.8. The lowest BCUT2D eigenvalue weighted by Crippen LogP contribution is -2.17. The van der Waals surface area contributed by atoms with Gasteiger partial charge in [0.15, 0.2) is 0 Å². The fourth-order valence-corrected chi connectivity index (χ4v) is 1.96. The Labute approximate surface area is 148 Å². The Morgan fingerprint density at radius 3 is 1.38 bits per heavy atom. The molecule has 0 spiro atoms. The predicted molar refractivity (Wildman–Crippen MR) is 96.8 cm³/mol. The second kappa shape index (κ2) is 22.8. The molecule has 146 valence electrons. The van der Waals surface area contributed by atoms with Gasteiger partial charge in [-0.2, -0.15) is 0 Å². The van der Waals surface area contributed by atoms with Crippen LogP contribution in [0.4, 0.5) is 0 Å². The average molecular weight is 350 g/mol. The van der Waals surface area contributed by atoms with Gasteiger partial charge in [0.25, 0.3) is 0 Å². The molecule has 0 aromatic carbocycles. The van der Waals surface area contributed by atoms with Gasteiger partial charge in [0.05, 0.1) is 59.5 Å². The first-order valence-electron chi connectivity index (χ1n) is 9.45. The van der Waals surface area contributed by atoms with Crippen LogP contribution >= 0.6 is 0 Å². The molecular formula is C18H39NO5. The van der Waals surface area contributed by atoms with Gasteiger partial charge in [-0.3, -0.25) is 0 Å². The molecule has 6 nitrogen and oxygen atoms in total. The molecule has 0 saturated heterocycles. The third-order valence-electron chi connectivity index (χ3n) is 3.38. The van der Waals surface area contributed by atoms with Crippen molar-refractivity contribution in [1.29, 1.82) is 0 Å². The monoisotopic (exact) mass is 349 g/mol. The lowest BCUT2D eigenvalue weighted by atomic mass is 10.2. The van der Waals surface area contributed by atoms with E-state index in [1.807, 2.05) is 7.05 Å². The molecule has 0 unspecified atom stereocenters. The zero-order valence-corrected chi connectivity index (χ0v) is 15.9. The molecule has 0 aliphatic carbocycles. The maximum atomic E-state index is 5.52. The summed E-state index contributed by atoms with van der Waals surface area (Å²) in [6, 6.07) is 0. The smallest absolute Gasteiger partial charge is 0.0701 e. The zero-order valence-electron chi connectivity index (χ0n) is 15.9. The number of unbranched alkanes of at least 4 members (excludes halogenated alkanes) is 4. The van der Waals surface area contributed by atoms with Crippen LogP contribution in [0.1, 0.15) is 39.0 Å². The minimum Gasteiger partial charge on any atom is -0.379 e. The first-order valence-corrected chi connectivity index (χ1v) is 9.45. The van der Waals surface area contributed by atoms with E-state index in [4.69, 9.17) is 23.7 Å². The first-order chi connectivity index (χ1) is 11.9. The van der Waals surface area contributed by atoms with Crippen molar-refractivity contribution >= 4 is 0 Å². The number of ether oxygens (including phenoxy) is 5. The molecule has 0 rings (SSSR count). The number of hydrogen-bond acceptors (Lipinski definition) is 6. The second-order valence-electron chi connectivity index (χ2n) is 5.58. The van der Waals surface area contributed by atoms with E-state index in [9.17, 15) is 0 Å². The average Bonchev–Trinajstić information content (AvgIpc) is 2.60. The van der Waals surface area contributed by atoms with Gasteiger partial charge >= 0.3 is 0 Å². The molecule has 1 N–H and O–H groups in total. The van der Waals surface area contributed by atoms with Gasteiger partial charge < -0.3 is 29.0 Å². The van der Waals surface area contributed by atoms with Crippen LogP contribution in [-0.4, -0.2) is 79.7 Å². The van der Waals surface area contributed by atoms with Gasteiger partial charge in [-0.1, -0.05) is 32.6 Å². The van der Waals surface area contributed by atoms with Gasteiger partial charge in [-0.25, -0.2) is 0 Å². The highest BCUT2D eigenvalue weighted by Crippen LogP contribution is 2.02. The summed E-state index contributed by atoms with van der Waals surface area (Å²) in [4.78, 5) is 0. The molecule has 0 aliphatic rings. The highest BCUT2D eigenvalue weighted by Gasteiger charge is 1.94. The van der Waals surface area contributed by atoms with Crippen LogP contribution in [0, 0.1) is 0 Å². The Kier molecular flexibility index (Phi) is 22.5. The van der Waals surface area contributed by atoms with Gasteiger partial charge in [0, 0.05) is 13.2 Å². The van der Waals surface area contributed by atoms with Crippen LogP contribution in [-0.2, 0) is 23.7 Å². The summed E-state index contributed by atoms with van der Waals surface area (Å²) in [7, 11) is 1.91. The molecule has 0 aliphatic heterocycles. The molecule has 0 aromatic heterocycles. The van der Waals surface area contributed by atoms with Crippen molar-refractivity contribution in [2.24, 2.45) is 0 Å². The molecule has 6 heteroatoms. The van der Waals surface area contributed by atoms with E-state index >= 15 is 0 Å². The van der Waals surface area contributed by atoms with Crippen molar-refractivity contribution in [3.63, 3.8) is 0 Å². The van der Waals surface area contributed by atoms with E-state index in [1.54, 1.807) is 0 Å². The van der Waals surface area contributed by atoms with Crippen LogP contribution in [0.5, 0.6) is 0 Å². The van der Waals surface area contributed by atoms with Crippen molar-refractivity contribution in [1.82, 2.24) is 5.32 Å². The maximum Gasteiger partial charge on any atom is 0.0701 e. The van der Waals surface area contributed by atoms with Gasteiger partial charge in [0.1, 0.15) is 0 Å². The number of nitrogens with one attached hydrogen (secondary N) is 1. The van der Waals surface area contributed by atoms with Crippen molar-refractivity contribution in [2.75, 3.05) is 79.7 Å². The standard InChI is InChI=1S/C18H39NO5/c1-3-4-5-6-7-9-20-11-13-22-15-17-24-18-16-23-14-12-21-10-8-19-2/h19H,3-18H2,1-2H3. The van der Waals surface area contributed by atoms with E-state index < -0.39 is 0 Å². The second-order valence-corrected chi connectivity index (χ2v) is 5.58. The molecule has 0 fully saturated rings. The SMILES string of the molecule is CCCCCCCOCCOCCOCCOCCOCCNC. The molecule has 0 atom stereocenters. The highest BCUT2D eigenvalue weighted by atomic mass is 16.6. The van der Waals surface area contributed by atoms with E-state index in [0.717, 1.165) is 26.2 Å². The van der Waals surface area contributed by atoms with E-state index in [1.165, 1.54) is 25.7 Å². The molecular weight excluding hydrogens is 310 g/mol. The van der Waals surface area contributed by atoms with E-state index in [0.29, 0.717) is 52.9 Å². The van der Waals surface area contributed by atoms with Crippen LogP contribution < -0.4 is 5.32 Å². The summed E-state index contributed by atoms with van der Waals surface area (Å²) in [5.74, 6) is 0. The number of hydrogen-bond donors (Lipinski definition) is 1. The fraction of sp³-hybridized carbons (Fsp3) is 1.00. The van der Waals surface area contributed by atoms with E-state index in [-0.39, 0.29) is 0 Å². The van der Waals surface area contributed by atoms with Crippen LogP contribution in [0.2, 0.25) is 0 Å². The Bertz CT molecular complexity index is 198. The number of rotatable bonds is 21. The Balaban J connectivity index is 2.93. The van der Waals surface area contributed by atoms with Crippen molar-refractivity contribution in [3.05, 3.63) is 0 Å². The fourth-order valence-electron chi connectivity index (χ4n) is 1.96. The zero-order chi connectivity index (χ0) is 17.6. The third kappa shape index (κ3) is 21.8. The lowest BCUT2D eigenvalue weighted by Gasteiger charge is -2.08. The lowest BCUT2D eigenvalue weighted by molar-refractivity contribution is -0.0109. The molecule has 0 radical (unpaired) electrons. The summed E-state index contributed by atoms with van der Waals surface area (Å²) in [5, 5.41) is 3.02. The Hall–Kier alpha value is -0.240. The van der Waals surface area contributed by atoms with Crippen molar-refractivity contribution in [2.45, 2.75) is 39.0 Å². The maximum absolute atomic E-state index is 5.52. The van der Waals surface area contributed by atoms with Gasteiger partial charge in [0.2, 0.25) is 0 Å². The van der Waals surface area contributed by atoms with E-state index in [2.05, 4.69) is 12.2 Å². The summed E-state index contributed by atoms with van der Waals surface area (Å²) < 4.78 is 27.1. The summed E-state index contributed by atoms with van der Waals surface area (Å²) in [6.07, 6.45) is 6.37. The topological polar surface area (TPSA) is 58.2 Å². The minimum absolute atomic E-state index is 0.591. The quantitative estimate of drug-likeness (QED) is 0.321. The molecule has 0 amide bonds. The summed E-state index contributed by atoms with van der Waals surface area (Å²) in [5.41, 5.74) is 0. The Morgan fingerprint density at radius 2 is 0.917 bits per heavy atom. The van der Waals surface area contributed by atoms with Crippen LogP contribution in [0.15, 0.2) is 0 Å². The van der Waals surface area contributed by atoms with Crippen molar-refractivity contribution in [3.8, 4) is 0 Å². The molecule has 24 heavy (non-hydrogen) atoms. The molecule has 0 aromatic rings. The molecule has 0 heterocycles.